The van der Waals surface area contributed by atoms with Crippen molar-refractivity contribution in [3.05, 3.63) is 35.8 Å². The van der Waals surface area contributed by atoms with Crippen molar-refractivity contribution >= 4 is 0 Å². The monoisotopic (exact) mass is 157 g/mol. The van der Waals surface area contributed by atoms with Gasteiger partial charge in [-0.05, 0) is 24.4 Å². The molecule has 1 unspecified atom stereocenters. The van der Waals surface area contributed by atoms with E-state index < -0.39 is 42.6 Å². The maximum Gasteiger partial charge on any atom is 0.0626 e. The number of hydrogen-bond acceptors (Lipinski definition) is 1. The van der Waals surface area contributed by atoms with Crippen molar-refractivity contribution in [3.8, 4) is 0 Å². The Morgan fingerprint density at radius 1 is 1.64 bits per heavy atom. The highest BCUT2D eigenvalue weighted by Gasteiger charge is 1.98. The molecule has 1 rings (SSSR count). The van der Waals surface area contributed by atoms with Gasteiger partial charge in [0.15, 0.2) is 0 Å². The highest BCUT2D eigenvalue weighted by molar-refractivity contribution is 5.15. The summed E-state index contributed by atoms with van der Waals surface area (Å²) in [6.07, 6.45) is -0.369. The fourth-order valence-electron chi connectivity index (χ4n) is 0.680. The lowest BCUT2D eigenvalue weighted by atomic mass is 10.0. The van der Waals surface area contributed by atoms with Crippen LogP contribution in [0.2, 0.25) is 0 Å². The first-order chi connectivity index (χ1) is 8.40. The van der Waals surface area contributed by atoms with E-state index in [2.05, 4.69) is 0 Å². The van der Waals surface area contributed by atoms with Crippen LogP contribution in [-0.2, 0) is 6.42 Å². The van der Waals surface area contributed by atoms with Crippen LogP contribution in [0.5, 0.6) is 0 Å². The van der Waals surface area contributed by atoms with E-state index in [-0.39, 0.29) is 12.0 Å². The maximum atomic E-state index is 7.87. The van der Waals surface area contributed by atoms with Crippen LogP contribution in [0.25, 0.3) is 0 Å². The van der Waals surface area contributed by atoms with E-state index in [1.165, 1.54) is 6.92 Å². The second kappa shape index (κ2) is 4.14. The van der Waals surface area contributed by atoms with Crippen molar-refractivity contribution in [2.45, 2.75) is 13.3 Å². The van der Waals surface area contributed by atoms with Crippen LogP contribution in [0.15, 0.2) is 30.2 Å². The molecule has 0 aliphatic carbocycles. The lowest BCUT2D eigenvalue weighted by Gasteiger charge is -2.06. The van der Waals surface area contributed by atoms with E-state index in [1.807, 2.05) is 0 Å². The average molecular weight is 157 g/mol. The lowest BCUT2D eigenvalue weighted by molar-refractivity contribution is 0.593. The zero-order chi connectivity index (χ0) is 15.2. The highest BCUT2D eigenvalue weighted by Crippen LogP contribution is 2.05. The minimum absolute atomic E-state index is 0.0992. The molecule has 0 saturated carbocycles. The third-order valence-electron chi connectivity index (χ3n) is 1.24. The molecule has 0 amide bonds. The van der Waals surface area contributed by atoms with Crippen LogP contribution in [0, 0.1) is 5.89 Å². The Hall–Kier alpha value is -0.820. The summed E-state index contributed by atoms with van der Waals surface area (Å²) in [7, 11) is 0. The summed E-state index contributed by atoms with van der Waals surface area (Å²) < 4.78 is 60.5. The van der Waals surface area contributed by atoms with Crippen LogP contribution in [0.3, 0.4) is 0 Å². The smallest absolute Gasteiger partial charge is 0.0626 e. The van der Waals surface area contributed by atoms with Crippen molar-refractivity contribution in [2.24, 2.45) is 11.6 Å². The van der Waals surface area contributed by atoms with E-state index in [9.17, 15) is 0 Å². The fourth-order valence-corrected chi connectivity index (χ4v) is 0.680. The Morgan fingerprint density at radius 3 is 2.82 bits per heavy atom. The van der Waals surface area contributed by atoms with Crippen LogP contribution >= 0.6 is 0 Å². The molecular weight excluding hydrogens is 134 g/mol. The van der Waals surface area contributed by atoms with Gasteiger partial charge in [-0.3, -0.25) is 0 Å². The zero-order valence-electron chi connectivity index (χ0n) is 14.3. The molecule has 1 nitrogen and oxygen atoms in total. The van der Waals surface area contributed by atoms with E-state index in [0.717, 1.165) is 0 Å². The molecule has 0 bridgehead atoms. The molecule has 0 aliphatic heterocycles. The number of benzene rings is 1. The van der Waals surface area contributed by atoms with Gasteiger partial charge in [0, 0.05) is 4.11 Å². The van der Waals surface area contributed by atoms with Crippen molar-refractivity contribution in [3.63, 3.8) is 0 Å². The van der Waals surface area contributed by atoms with Gasteiger partial charge >= 0.3 is 0 Å². The Morgan fingerprint density at radius 2 is 2.27 bits per heavy atom. The largest absolute Gasteiger partial charge is 0.330 e. The molecule has 1 heteroatoms. The molecule has 2 N–H and O–H groups in total. The van der Waals surface area contributed by atoms with Crippen LogP contribution in [0.1, 0.15) is 23.5 Å². The van der Waals surface area contributed by atoms with Crippen molar-refractivity contribution < 1.29 is 11.0 Å². The van der Waals surface area contributed by atoms with Gasteiger partial charge in [-0.25, -0.2) is 0 Å². The van der Waals surface area contributed by atoms with Gasteiger partial charge in [-0.2, -0.15) is 0 Å². The second-order valence-corrected chi connectivity index (χ2v) is 2.20. The molecule has 0 heterocycles. The molecule has 60 valence electrons. The molecule has 0 aromatic heterocycles. The summed E-state index contributed by atoms with van der Waals surface area (Å²) in [5.41, 5.74) is 5.16. The molecule has 1 aromatic rings. The molecular formula is C10H15N. The lowest BCUT2D eigenvalue weighted by Crippen LogP contribution is -2.12. The van der Waals surface area contributed by atoms with Gasteiger partial charge in [0.05, 0.1) is 6.85 Å². The normalized spacial score (nSPS) is 27.5. The van der Waals surface area contributed by atoms with Crippen LogP contribution in [-0.4, -0.2) is 6.50 Å². The van der Waals surface area contributed by atoms with E-state index >= 15 is 0 Å². The molecule has 11 heavy (non-hydrogen) atoms. The molecule has 0 spiro atoms. The predicted molar refractivity (Wildman–Crippen MR) is 48.4 cm³/mol. The predicted octanol–water partition coefficient (Wildman–Crippen LogP) is 1.82. The van der Waals surface area contributed by atoms with Gasteiger partial charge in [-0.1, -0.05) is 37.1 Å². The maximum absolute atomic E-state index is 7.87. The van der Waals surface area contributed by atoms with Gasteiger partial charge in [-0.15, -0.1) is 0 Å². The van der Waals surface area contributed by atoms with E-state index in [1.54, 1.807) is 0 Å². The molecule has 0 aliphatic rings. The Balaban J connectivity index is 3.39. The zero-order valence-corrected chi connectivity index (χ0v) is 6.28. The summed E-state index contributed by atoms with van der Waals surface area (Å²) in [6, 6.07) is -2.35. The third-order valence-corrected chi connectivity index (χ3v) is 1.24. The summed E-state index contributed by atoms with van der Waals surface area (Å²) in [5.74, 6) is -1.80. The number of nitrogens with two attached hydrogens (primary N) is 1. The standard InChI is InChI=1S/C10H15N/c1-9(8-11)7-10-5-3-2-4-6-10/h2-6,9H,7-8,11H2,1H3/i2D,3D,4D,5D,6D,8D2,9D. The average Bonchev–Trinajstić information content (AvgIpc) is 2.28. The first-order valence-electron chi connectivity index (χ1n) is 7.25. The van der Waals surface area contributed by atoms with Crippen LogP contribution < -0.4 is 5.73 Å². The topological polar surface area (TPSA) is 26.0 Å². The fraction of sp³-hybridized carbons (Fsp3) is 0.400. The number of hydrogen-bond donors (Lipinski definition) is 1. The van der Waals surface area contributed by atoms with Crippen molar-refractivity contribution in [1.29, 1.82) is 0 Å². The highest BCUT2D eigenvalue weighted by atomic mass is 14.5. The van der Waals surface area contributed by atoms with Crippen molar-refractivity contribution in [2.75, 3.05) is 6.50 Å². The Bertz CT molecular complexity index is 476. The summed E-state index contributed by atoms with van der Waals surface area (Å²) in [5, 5.41) is 0. The minimum Gasteiger partial charge on any atom is -0.330 e. The Labute approximate surface area is 79.5 Å². The first kappa shape index (κ1) is 2.60. The molecule has 0 radical (unpaired) electrons. The molecule has 0 saturated heterocycles. The quantitative estimate of drug-likeness (QED) is 0.711. The Kier molecular flexibility index (Phi) is 0.977. The minimum atomic E-state index is -2.35. The first-order valence-corrected chi connectivity index (χ1v) is 3.25. The molecule has 1 atom stereocenters. The van der Waals surface area contributed by atoms with Crippen LogP contribution in [0.4, 0.5) is 0 Å². The van der Waals surface area contributed by atoms with E-state index in [0.29, 0.717) is 0 Å². The summed E-state index contributed by atoms with van der Waals surface area (Å²) in [6.45, 7) is -1.12. The SMILES string of the molecule is [2H]c1c([2H])c([2H])c(CC([2H])(C)C([2H])([2H])N)c([2H])c1[2H]. The molecule has 0 fully saturated rings. The van der Waals surface area contributed by atoms with E-state index in [4.69, 9.17) is 16.7 Å². The van der Waals surface area contributed by atoms with Gasteiger partial charge in [0.2, 0.25) is 0 Å². The number of rotatable bonds is 3. The summed E-state index contributed by atoms with van der Waals surface area (Å²) in [4.78, 5) is 0. The summed E-state index contributed by atoms with van der Waals surface area (Å²) >= 11 is 0. The van der Waals surface area contributed by atoms with Gasteiger partial charge < -0.3 is 5.73 Å². The van der Waals surface area contributed by atoms with Crippen molar-refractivity contribution in [1.82, 2.24) is 0 Å². The van der Waals surface area contributed by atoms with Gasteiger partial charge in [0.1, 0.15) is 0 Å². The third kappa shape index (κ3) is 2.72. The molecule has 1 aromatic carbocycles. The second-order valence-electron chi connectivity index (χ2n) is 2.20. The van der Waals surface area contributed by atoms with Gasteiger partial charge in [0.25, 0.3) is 0 Å².